The van der Waals surface area contributed by atoms with Gasteiger partial charge in [0, 0.05) is 15.7 Å². The van der Waals surface area contributed by atoms with Crippen molar-refractivity contribution >= 4 is 27.6 Å². The van der Waals surface area contributed by atoms with Crippen molar-refractivity contribution in [1.82, 2.24) is 0 Å². The number of esters is 1. The van der Waals surface area contributed by atoms with Crippen molar-refractivity contribution in [2.75, 3.05) is 11.9 Å². The highest BCUT2D eigenvalue weighted by atomic mass is 79.9. The van der Waals surface area contributed by atoms with Crippen molar-refractivity contribution in [1.29, 1.82) is 0 Å². The minimum absolute atomic E-state index is 0.161. The third-order valence-corrected chi connectivity index (χ3v) is 3.33. The van der Waals surface area contributed by atoms with Gasteiger partial charge in [-0.3, -0.25) is 4.79 Å². The molecule has 0 aromatic heterocycles. The normalized spacial score (nSPS) is 9.95. The van der Waals surface area contributed by atoms with E-state index in [4.69, 9.17) is 4.74 Å². The first-order valence-electron chi connectivity index (χ1n) is 5.93. The molecule has 0 amide bonds. The second-order valence-electron chi connectivity index (χ2n) is 3.97. The lowest BCUT2D eigenvalue weighted by atomic mass is 10.2. The number of benzene rings is 2. The number of hydrogen-bond acceptors (Lipinski definition) is 3. The van der Waals surface area contributed by atoms with Crippen LogP contribution < -0.4 is 5.32 Å². The Hall–Kier alpha value is -1.81. The summed E-state index contributed by atoms with van der Waals surface area (Å²) in [6.07, 6.45) is 0. The minimum Gasteiger partial charge on any atom is -0.459 e. The highest BCUT2D eigenvalue weighted by Crippen LogP contribution is 2.16. The van der Waals surface area contributed by atoms with Gasteiger partial charge in [0.25, 0.3) is 0 Å². The molecule has 0 bridgehead atoms. The zero-order chi connectivity index (χ0) is 13.5. The van der Waals surface area contributed by atoms with Gasteiger partial charge in [0.15, 0.2) is 0 Å². The topological polar surface area (TPSA) is 38.3 Å². The number of para-hydroxylation sites is 1. The lowest BCUT2D eigenvalue weighted by molar-refractivity contribution is -0.142. The Balaban J connectivity index is 1.78. The standard InChI is InChI=1S/C15H14BrNO2/c16-14-9-5-4-6-12(14)11-19-15(18)10-17-13-7-2-1-3-8-13/h1-9,17H,10-11H2. The van der Waals surface area contributed by atoms with Crippen LogP contribution in [0.4, 0.5) is 5.69 Å². The monoisotopic (exact) mass is 319 g/mol. The molecule has 0 saturated carbocycles. The third-order valence-electron chi connectivity index (χ3n) is 2.56. The van der Waals surface area contributed by atoms with Gasteiger partial charge in [0.2, 0.25) is 0 Å². The molecule has 0 spiro atoms. The molecule has 2 aromatic rings. The van der Waals surface area contributed by atoms with Crippen molar-refractivity contribution in [3.05, 3.63) is 64.6 Å². The number of carbonyl (C=O) groups excluding carboxylic acids is 1. The molecule has 98 valence electrons. The molecule has 0 atom stereocenters. The summed E-state index contributed by atoms with van der Waals surface area (Å²) in [7, 11) is 0. The van der Waals surface area contributed by atoms with Gasteiger partial charge in [-0.2, -0.15) is 0 Å². The molecule has 0 aliphatic rings. The summed E-state index contributed by atoms with van der Waals surface area (Å²) in [6.45, 7) is 0.436. The Morgan fingerprint density at radius 1 is 1.05 bits per heavy atom. The molecule has 0 unspecified atom stereocenters. The number of ether oxygens (including phenoxy) is 1. The van der Waals surface area contributed by atoms with E-state index >= 15 is 0 Å². The van der Waals surface area contributed by atoms with Crippen LogP contribution in [0.1, 0.15) is 5.56 Å². The molecule has 3 nitrogen and oxygen atoms in total. The maximum Gasteiger partial charge on any atom is 0.325 e. The number of anilines is 1. The fourth-order valence-corrected chi connectivity index (χ4v) is 1.95. The molecule has 4 heteroatoms. The lowest BCUT2D eigenvalue weighted by Gasteiger charge is -2.08. The number of carbonyl (C=O) groups is 1. The zero-order valence-corrected chi connectivity index (χ0v) is 11.9. The smallest absolute Gasteiger partial charge is 0.325 e. The van der Waals surface area contributed by atoms with E-state index in [9.17, 15) is 4.79 Å². The summed E-state index contributed by atoms with van der Waals surface area (Å²) in [6, 6.07) is 17.2. The van der Waals surface area contributed by atoms with E-state index in [1.807, 2.05) is 54.6 Å². The Morgan fingerprint density at radius 2 is 1.74 bits per heavy atom. The molecule has 0 aliphatic heterocycles. The number of nitrogens with one attached hydrogen (secondary N) is 1. The van der Waals surface area contributed by atoms with Crippen LogP contribution in [-0.2, 0) is 16.1 Å². The van der Waals surface area contributed by atoms with Crippen LogP contribution in [0.3, 0.4) is 0 Å². The Labute approximate surface area is 120 Å². The van der Waals surface area contributed by atoms with Crippen LogP contribution in [-0.4, -0.2) is 12.5 Å². The molecule has 0 aliphatic carbocycles. The first kappa shape index (κ1) is 13.6. The van der Waals surface area contributed by atoms with Crippen LogP contribution >= 0.6 is 15.9 Å². The maximum atomic E-state index is 11.6. The summed E-state index contributed by atoms with van der Waals surface area (Å²) < 4.78 is 6.14. The van der Waals surface area contributed by atoms with Crippen molar-refractivity contribution in [3.63, 3.8) is 0 Å². The minimum atomic E-state index is -0.278. The molecule has 0 heterocycles. The molecule has 2 aromatic carbocycles. The average Bonchev–Trinajstić information content (AvgIpc) is 2.45. The second kappa shape index (κ2) is 6.95. The molecule has 0 fully saturated rings. The van der Waals surface area contributed by atoms with Gasteiger partial charge in [0.05, 0.1) is 0 Å². The van der Waals surface area contributed by atoms with E-state index in [2.05, 4.69) is 21.2 Å². The average molecular weight is 320 g/mol. The number of halogens is 1. The Kier molecular flexibility index (Phi) is 4.98. The van der Waals surface area contributed by atoms with Crippen molar-refractivity contribution in [2.45, 2.75) is 6.61 Å². The first-order chi connectivity index (χ1) is 9.25. The van der Waals surface area contributed by atoms with Gasteiger partial charge in [0.1, 0.15) is 13.2 Å². The highest BCUT2D eigenvalue weighted by molar-refractivity contribution is 9.10. The second-order valence-corrected chi connectivity index (χ2v) is 4.83. The molecule has 19 heavy (non-hydrogen) atoms. The Bertz CT molecular complexity index is 543. The van der Waals surface area contributed by atoms with Crippen LogP contribution in [0.25, 0.3) is 0 Å². The van der Waals surface area contributed by atoms with Crippen LogP contribution in [0.15, 0.2) is 59.1 Å². The quantitative estimate of drug-likeness (QED) is 0.856. The zero-order valence-electron chi connectivity index (χ0n) is 10.3. The fraction of sp³-hybridized carbons (Fsp3) is 0.133. The highest BCUT2D eigenvalue weighted by Gasteiger charge is 2.05. The summed E-state index contributed by atoms with van der Waals surface area (Å²) in [5.74, 6) is -0.278. The van der Waals surface area contributed by atoms with E-state index < -0.39 is 0 Å². The SMILES string of the molecule is O=C(CNc1ccccc1)OCc1ccccc1Br. The number of hydrogen-bond donors (Lipinski definition) is 1. The molecular formula is C15H14BrNO2. The largest absolute Gasteiger partial charge is 0.459 e. The Morgan fingerprint density at radius 3 is 2.47 bits per heavy atom. The molecule has 0 radical (unpaired) electrons. The van der Waals surface area contributed by atoms with E-state index in [1.54, 1.807) is 0 Å². The van der Waals surface area contributed by atoms with Crippen molar-refractivity contribution in [3.8, 4) is 0 Å². The molecular weight excluding hydrogens is 306 g/mol. The van der Waals surface area contributed by atoms with Gasteiger partial charge >= 0.3 is 5.97 Å². The van der Waals surface area contributed by atoms with Gasteiger partial charge in [-0.1, -0.05) is 52.3 Å². The first-order valence-corrected chi connectivity index (χ1v) is 6.73. The summed E-state index contributed by atoms with van der Waals surface area (Å²) >= 11 is 3.42. The van der Waals surface area contributed by atoms with Gasteiger partial charge in [-0.15, -0.1) is 0 Å². The third kappa shape index (κ3) is 4.41. The van der Waals surface area contributed by atoms with Crippen LogP contribution in [0.5, 0.6) is 0 Å². The lowest BCUT2D eigenvalue weighted by Crippen LogP contribution is -2.16. The summed E-state index contributed by atoms with van der Waals surface area (Å²) in [5, 5.41) is 3.01. The van der Waals surface area contributed by atoms with Gasteiger partial charge in [-0.25, -0.2) is 0 Å². The van der Waals surface area contributed by atoms with Crippen molar-refractivity contribution in [2.24, 2.45) is 0 Å². The molecule has 0 saturated heterocycles. The maximum absolute atomic E-state index is 11.6. The van der Waals surface area contributed by atoms with Gasteiger partial charge < -0.3 is 10.1 Å². The predicted octanol–water partition coefficient (Wildman–Crippen LogP) is 3.60. The number of rotatable bonds is 5. The van der Waals surface area contributed by atoms with E-state index in [0.717, 1.165) is 15.7 Å². The van der Waals surface area contributed by atoms with Crippen LogP contribution in [0.2, 0.25) is 0 Å². The van der Waals surface area contributed by atoms with Gasteiger partial charge in [-0.05, 0) is 18.2 Å². The molecule has 2 rings (SSSR count). The fourth-order valence-electron chi connectivity index (χ4n) is 1.55. The van der Waals surface area contributed by atoms with Crippen molar-refractivity contribution < 1.29 is 9.53 Å². The molecule has 1 N–H and O–H groups in total. The summed E-state index contributed by atoms with van der Waals surface area (Å²) in [4.78, 5) is 11.6. The van der Waals surface area contributed by atoms with E-state index in [0.29, 0.717) is 0 Å². The van der Waals surface area contributed by atoms with Crippen LogP contribution in [0, 0.1) is 0 Å². The van der Waals surface area contributed by atoms with E-state index in [-0.39, 0.29) is 19.1 Å². The van der Waals surface area contributed by atoms with E-state index in [1.165, 1.54) is 0 Å². The summed E-state index contributed by atoms with van der Waals surface area (Å²) in [5.41, 5.74) is 1.86. The predicted molar refractivity (Wildman–Crippen MR) is 78.9 cm³/mol.